The number of rotatable bonds is 3. The molecule has 0 spiro atoms. The van der Waals surface area contributed by atoms with E-state index in [4.69, 9.17) is 5.11 Å². The summed E-state index contributed by atoms with van der Waals surface area (Å²) in [6, 6.07) is 2.15. The van der Waals surface area contributed by atoms with Crippen molar-refractivity contribution < 1.29 is 9.90 Å². The fraction of sp³-hybridized carbons (Fsp3) is 0.462. The Morgan fingerprint density at radius 3 is 3.11 bits per heavy atom. The fourth-order valence-corrected chi connectivity index (χ4v) is 2.69. The van der Waals surface area contributed by atoms with E-state index in [1.807, 2.05) is 19.2 Å². The molecule has 2 heterocycles. The lowest BCUT2D eigenvalue weighted by Crippen LogP contribution is -2.19. The van der Waals surface area contributed by atoms with Gasteiger partial charge in [-0.1, -0.05) is 0 Å². The van der Waals surface area contributed by atoms with Crippen LogP contribution in [-0.2, 0) is 4.79 Å². The predicted molar refractivity (Wildman–Crippen MR) is 70.1 cm³/mol. The Hall–Kier alpha value is -2.11. The van der Waals surface area contributed by atoms with Gasteiger partial charge in [0.2, 0.25) is 0 Å². The van der Waals surface area contributed by atoms with Crippen LogP contribution in [0, 0.1) is 12.8 Å². The van der Waals surface area contributed by atoms with Gasteiger partial charge in [-0.2, -0.15) is 5.10 Å². The Labute approximate surface area is 110 Å². The fourth-order valence-electron chi connectivity index (χ4n) is 2.69. The summed E-state index contributed by atoms with van der Waals surface area (Å²) in [6.07, 6.45) is 5.76. The molecule has 19 heavy (non-hydrogen) atoms. The normalized spacial score (nSPS) is 22.8. The predicted octanol–water partition coefficient (Wildman–Crippen LogP) is 1.70. The molecule has 100 valence electrons. The summed E-state index contributed by atoms with van der Waals surface area (Å²) in [7, 11) is 0. The van der Waals surface area contributed by atoms with E-state index in [9.17, 15) is 4.79 Å². The minimum absolute atomic E-state index is 0.176. The molecular weight excluding hydrogens is 244 g/mol. The molecule has 0 amide bonds. The third kappa shape index (κ3) is 2.25. The standard InChI is InChI=1S/C13H16N4O2/c1-8-6-11-12(14-4-5-17(11)16-8)15-10-3-2-9(7-10)13(18)19/h4-6,9-10H,2-3,7H2,1H3,(H,14,15)(H,18,19). The van der Waals surface area contributed by atoms with E-state index in [1.165, 1.54) is 0 Å². The summed E-state index contributed by atoms with van der Waals surface area (Å²) >= 11 is 0. The van der Waals surface area contributed by atoms with Gasteiger partial charge in [0.25, 0.3) is 0 Å². The van der Waals surface area contributed by atoms with Crippen LogP contribution in [0.15, 0.2) is 18.5 Å². The zero-order valence-electron chi connectivity index (χ0n) is 10.7. The number of aryl methyl sites for hydroxylation is 1. The van der Waals surface area contributed by atoms with Crippen molar-refractivity contribution in [3.63, 3.8) is 0 Å². The summed E-state index contributed by atoms with van der Waals surface area (Å²) in [4.78, 5) is 15.3. The van der Waals surface area contributed by atoms with E-state index < -0.39 is 5.97 Å². The Bertz CT molecular complexity index is 622. The second-order valence-electron chi connectivity index (χ2n) is 5.08. The van der Waals surface area contributed by atoms with Gasteiger partial charge in [0.05, 0.1) is 11.6 Å². The van der Waals surface area contributed by atoms with Crippen LogP contribution in [0.5, 0.6) is 0 Å². The number of carbonyl (C=O) groups is 1. The maximum atomic E-state index is 11.0. The number of fused-ring (bicyclic) bond motifs is 1. The molecular formula is C13H16N4O2. The zero-order valence-corrected chi connectivity index (χ0v) is 10.7. The summed E-state index contributed by atoms with van der Waals surface area (Å²) in [5.74, 6) is -0.154. The minimum Gasteiger partial charge on any atom is -0.481 e. The van der Waals surface area contributed by atoms with E-state index in [1.54, 1.807) is 10.7 Å². The minimum atomic E-state index is -0.698. The highest BCUT2D eigenvalue weighted by Gasteiger charge is 2.30. The van der Waals surface area contributed by atoms with E-state index in [0.29, 0.717) is 6.42 Å². The molecule has 2 atom stereocenters. The number of hydrogen-bond acceptors (Lipinski definition) is 4. The van der Waals surface area contributed by atoms with E-state index in [2.05, 4.69) is 15.4 Å². The molecule has 0 aliphatic heterocycles. The lowest BCUT2D eigenvalue weighted by molar-refractivity contribution is -0.141. The summed E-state index contributed by atoms with van der Waals surface area (Å²) in [5.41, 5.74) is 1.87. The topological polar surface area (TPSA) is 79.5 Å². The Morgan fingerprint density at radius 2 is 2.37 bits per heavy atom. The molecule has 0 aromatic carbocycles. The van der Waals surface area contributed by atoms with Crippen molar-refractivity contribution in [2.24, 2.45) is 5.92 Å². The molecule has 6 nitrogen and oxygen atoms in total. The van der Waals surface area contributed by atoms with Gasteiger partial charge >= 0.3 is 5.97 Å². The average molecular weight is 260 g/mol. The molecule has 0 radical (unpaired) electrons. The van der Waals surface area contributed by atoms with Crippen LogP contribution in [-0.4, -0.2) is 31.7 Å². The molecule has 3 rings (SSSR count). The smallest absolute Gasteiger partial charge is 0.306 e. The van der Waals surface area contributed by atoms with E-state index in [0.717, 1.165) is 29.9 Å². The molecule has 0 saturated heterocycles. The SMILES string of the molecule is Cc1cc2c(NC3CCC(C(=O)O)C3)nccn2n1. The Kier molecular flexibility index (Phi) is 2.85. The van der Waals surface area contributed by atoms with Gasteiger partial charge in [-0.15, -0.1) is 0 Å². The van der Waals surface area contributed by atoms with Crippen LogP contribution >= 0.6 is 0 Å². The average Bonchev–Trinajstić information content (AvgIpc) is 2.95. The van der Waals surface area contributed by atoms with Gasteiger partial charge in [-0.3, -0.25) is 4.79 Å². The lowest BCUT2D eigenvalue weighted by Gasteiger charge is -2.13. The molecule has 2 N–H and O–H groups in total. The monoisotopic (exact) mass is 260 g/mol. The molecule has 2 unspecified atom stereocenters. The second-order valence-corrected chi connectivity index (χ2v) is 5.08. The van der Waals surface area contributed by atoms with Crippen molar-refractivity contribution in [3.8, 4) is 0 Å². The summed E-state index contributed by atoms with van der Waals surface area (Å²) in [6.45, 7) is 1.94. The van der Waals surface area contributed by atoms with E-state index >= 15 is 0 Å². The molecule has 1 aliphatic carbocycles. The summed E-state index contributed by atoms with van der Waals surface area (Å²) < 4.78 is 1.79. The second kappa shape index (κ2) is 4.53. The van der Waals surface area contributed by atoms with Gasteiger partial charge in [-0.25, -0.2) is 9.50 Å². The van der Waals surface area contributed by atoms with Crippen LogP contribution in [0.4, 0.5) is 5.82 Å². The number of nitrogens with one attached hydrogen (secondary N) is 1. The van der Waals surface area contributed by atoms with E-state index in [-0.39, 0.29) is 12.0 Å². The highest BCUT2D eigenvalue weighted by molar-refractivity contribution is 5.71. The quantitative estimate of drug-likeness (QED) is 0.878. The molecule has 2 aromatic heterocycles. The van der Waals surface area contributed by atoms with Gasteiger partial charge in [0.15, 0.2) is 5.82 Å². The van der Waals surface area contributed by atoms with Crippen molar-refractivity contribution in [1.82, 2.24) is 14.6 Å². The van der Waals surface area contributed by atoms with Gasteiger partial charge in [-0.05, 0) is 32.3 Å². The first-order valence-corrected chi connectivity index (χ1v) is 6.44. The maximum Gasteiger partial charge on any atom is 0.306 e. The van der Waals surface area contributed by atoms with Gasteiger partial charge < -0.3 is 10.4 Å². The van der Waals surface area contributed by atoms with Crippen LogP contribution in [0.1, 0.15) is 25.0 Å². The van der Waals surface area contributed by atoms with Crippen LogP contribution in [0.2, 0.25) is 0 Å². The third-order valence-corrected chi connectivity index (χ3v) is 3.63. The number of aromatic nitrogens is 3. The van der Waals surface area contributed by atoms with Crippen molar-refractivity contribution in [2.75, 3.05) is 5.32 Å². The van der Waals surface area contributed by atoms with Gasteiger partial charge in [0, 0.05) is 18.4 Å². The number of anilines is 1. The first-order valence-electron chi connectivity index (χ1n) is 6.44. The zero-order chi connectivity index (χ0) is 13.4. The highest BCUT2D eigenvalue weighted by atomic mass is 16.4. The van der Waals surface area contributed by atoms with Crippen LogP contribution in [0.3, 0.4) is 0 Å². The number of aliphatic carboxylic acids is 1. The molecule has 1 aliphatic rings. The lowest BCUT2D eigenvalue weighted by atomic mass is 10.1. The van der Waals surface area contributed by atoms with Crippen molar-refractivity contribution in [2.45, 2.75) is 32.2 Å². The molecule has 6 heteroatoms. The first kappa shape index (κ1) is 12.0. The number of carboxylic acid groups (broad SMARTS) is 1. The molecule has 0 bridgehead atoms. The number of nitrogens with zero attached hydrogens (tertiary/aromatic N) is 3. The summed E-state index contributed by atoms with van der Waals surface area (Å²) in [5, 5.41) is 16.7. The number of carboxylic acids is 1. The maximum absolute atomic E-state index is 11.0. The highest BCUT2D eigenvalue weighted by Crippen LogP contribution is 2.28. The Morgan fingerprint density at radius 1 is 1.53 bits per heavy atom. The van der Waals surface area contributed by atoms with Crippen molar-refractivity contribution >= 4 is 17.3 Å². The third-order valence-electron chi connectivity index (χ3n) is 3.63. The number of hydrogen-bond donors (Lipinski definition) is 2. The molecule has 2 aromatic rings. The molecule has 1 saturated carbocycles. The van der Waals surface area contributed by atoms with Crippen molar-refractivity contribution in [1.29, 1.82) is 0 Å². The Balaban J connectivity index is 1.80. The van der Waals surface area contributed by atoms with Crippen LogP contribution < -0.4 is 5.32 Å². The first-order chi connectivity index (χ1) is 9.13. The largest absolute Gasteiger partial charge is 0.481 e. The molecule has 1 fully saturated rings. The van der Waals surface area contributed by atoms with Gasteiger partial charge in [0.1, 0.15) is 5.52 Å². The van der Waals surface area contributed by atoms with Crippen molar-refractivity contribution in [3.05, 3.63) is 24.2 Å². The van der Waals surface area contributed by atoms with Crippen LogP contribution in [0.25, 0.3) is 5.52 Å².